The lowest BCUT2D eigenvalue weighted by molar-refractivity contribution is -0.0221. The van der Waals surface area contributed by atoms with Crippen molar-refractivity contribution in [1.82, 2.24) is 9.97 Å². The molecule has 5 rings (SSSR count). The van der Waals surface area contributed by atoms with Gasteiger partial charge in [-0.15, -0.1) is 0 Å². The maximum Gasteiger partial charge on any atom is 0.258 e. The SMILES string of the molecule is O=C(Nc1cncc(N2CCC(F)(F)CC2)n1)c1ccc(NS(=O)CCO)cc1N1CCC2(CC1)CC2. The fourth-order valence-corrected chi connectivity index (χ4v) is 5.69. The molecule has 1 atom stereocenters. The van der Waals surface area contributed by atoms with Crippen LogP contribution in [0.2, 0.25) is 0 Å². The van der Waals surface area contributed by atoms with Gasteiger partial charge in [0.15, 0.2) is 5.82 Å². The first-order valence-electron chi connectivity index (χ1n) is 12.7. The number of carbonyl (C=O) groups excluding carboxylic acids is 1. The van der Waals surface area contributed by atoms with Crippen LogP contribution in [-0.4, -0.2) is 69.7 Å². The van der Waals surface area contributed by atoms with Gasteiger partial charge >= 0.3 is 0 Å². The monoisotopic (exact) mass is 534 g/mol. The lowest BCUT2D eigenvalue weighted by Gasteiger charge is -2.35. The maximum absolute atomic E-state index is 13.6. The van der Waals surface area contributed by atoms with E-state index < -0.39 is 16.9 Å². The number of piperidine rings is 2. The average molecular weight is 535 g/mol. The Morgan fingerprint density at radius 2 is 1.73 bits per heavy atom. The van der Waals surface area contributed by atoms with E-state index in [1.807, 2.05) is 6.07 Å². The molecule has 1 unspecified atom stereocenters. The van der Waals surface area contributed by atoms with E-state index in [1.54, 1.807) is 17.0 Å². The zero-order valence-electron chi connectivity index (χ0n) is 20.6. The lowest BCUT2D eigenvalue weighted by Crippen LogP contribution is -2.39. The van der Waals surface area contributed by atoms with Crippen molar-refractivity contribution in [3.63, 3.8) is 0 Å². The molecule has 200 valence electrons. The van der Waals surface area contributed by atoms with E-state index >= 15 is 0 Å². The van der Waals surface area contributed by atoms with Gasteiger partial charge in [-0.05, 0) is 49.3 Å². The number of aromatic nitrogens is 2. The van der Waals surface area contributed by atoms with E-state index in [1.165, 1.54) is 25.2 Å². The summed E-state index contributed by atoms with van der Waals surface area (Å²) in [5.41, 5.74) is 2.26. The Hall–Kier alpha value is -2.86. The van der Waals surface area contributed by atoms with Gasteiger partial charge in [0.25, 0.3) is 11.8 Å². The van der Waals surface area contributed by atoms with Crippen LogP contribution in [0.5, 0.6) is 0 Å². The van der Waals surface area contributed by atoms with Crippen molar-refractivity contribution in [2.45, 2.75) is 44.4 Å². The number of benzene rings is 1. The Kier molecular flexibility index (Phi) is 7.30. The molecule has 1 aromatic heterocycles. The van der Waals surface area contributed by atoms with Gasteiger partial charge in [-0.2, -0.15) is 0 Å². The number of rotatable bonds is 8. The first-order valence-corrected chi connectivity index (χ1v) is 14.0. The van der Waals surface area contributed by atoms with E-state index in [2.05, 4.69) is 24.9 Å². The Morgan fingerprint density at radius 1 is 1.03 bits per heavy atom. The molecule has 1 aliphatic carbocycles. The molecule has 1 spiro atoms. The summed E-state index contributed by atoms with van der Waals surface area (Å²) in [7, 11) is -1.43. The number of carbonyl (C=O) groups is 1. The molecule has 9 nitrogen and oxygen atoms in total. The maximum atomic E-state index is 13.6. The summed E-state index contributed by atoms with van der Waals surface area (Å²) in [4.78, 5) is 25.9. The highest BCUT2D eigenvalue weighted by molar-refractivity contribution is 7.86. The van der Waals surface area contributed by atoms with E-state index in [-0.39, 0.29) is 50.0 Å². The summed E-state index contributed by atoms with van der Waals surface area (Å²) in [6.07, 6.45) is 7.14. The van der Waals surface area contributed by atoms with Crippen molar-refractivity contribution < 1.29 is 22.9 Å². The predicted octanol–water partition coefficient (Wildman–Crippen LogP) is 3.41. The Bertz CT molecular complexity index is 1160. The van der Waals surface area contributed by atoms with Gasteiger partial charge in [0.05, 0.1) is 36.0 Å². The number of aliphatic hydroxyl groups is 1. The number of nitrogens with one attached hydrogen (secondary N) is 2. The summed E-state index contributed by atoms with van der Waals surface area (Å²) in [5, 5.41) is 11.9. The summed E-state index contributed by atoms with van der Waals surface area (Å²) in [5.74, 6) is -2.22. The predicted molar refractivity (Wildman–Crippen MR) is 140 cm³/mol. The molecule has 1 aromatic carbocycles. The second kappa shape index (κ2) is 10.5. The molecule has 0 radical (unpaired) electrons. The number of amides is 1. The number of anilines is 4. The van der Waals surface area contributed by atoms with Crippen LogP contribution in [0.25, 0.3) is 0 Å². The molecule has 2 aromatic rings. The van der Waals surface area contributed by atoms with Gasteiger partial charge in [0, 0.05) is 44.7 Å². The molecular formula is C25H32F2N6O3S. The van der Waals surface area contributed by atoms with Crippen LogP contribution in [0.3, 0.4) is 0 Å². The van der Waals surface area contributed by atoms with Crippen molar-refractivity contribution >= 4 is 39.9 Å². The molecule has 3 heterocycles. The van der Waals surface area contributed by atoms with E-state index in [0.29, 0.717) is 22.5 Å². The molecule has 0 bridgehead atoms. The molecule has 3 N–H and O–H groups in total. The molecule has 3 aliphatic rings. The highest BCUT2D eigenvalue weighted by Gasteiger charge is 2.44. The number of halogens is 2. The second-order valence-corrected chi connectivity index (χ2v) is 11.5. The highest BCUT2D eigenvalue weighted by atomic mass is 32.2. The van der Waals surface area contributed by atoms with Gasteiger partial charge in [0.2, 0.25) is 0 Å². The Morgan fingerprint density at radius 3 is 2.41 bits per heavy atom. The van der Waals surface area contributed by atoms with E-state index in [9.17, 15) is 17.8 Å². The first kappa shape index (κ1) is 25.8. The fourth-order valence-electron chi connectivity index (χ4n) is 5.03. The second-order valence-electron chi connectivity index (χ2n) is 10.2. The van der Waals surface area contributed by atoms with Crippen LogP contribution in [0, 0.1) is 5.41 Å². The number of hydrogen-bond donors (Lipinski definition) is 3. The average Bonchev–Trinajstić information content (AvgIpc) is 3.63. The van der Waals surface area contributed by atoms with Crippen molar-refractivity contribution in [3.05, 3.63) is 36.2 Å². The number of hydrogen-bond acceptors (Lipinski definition) is 7. The molecule has 37 heavy (non-hydrogen) atoms. The Labute approximate surface area is 217 Å². The van der Waals surface area contributed by atoms with E-state index in [4.69, 9.17) is 5.11 Å². The smallest absolute Gasteiger partial charge is 0.258 e. The summed E-state index contributed by atoms with van der Waals surface area (Å²) in [6, 6.07) is 5.20. The number of alkyl halides is 2. The standard InChI is InChI=1S/C25H32F2N6O3S/c26-25(27)7-11-33(12-8-25)22-17-28-16-21(29-22)30-23(35)19-2-1-18(31-37(36)14-13-34)15-20(19)32-9-5-24(3-4-24)6-10-32/h1-2,15-17,31,34H,3-14H2,(H,29,30,35). The Balaban J connectivity index is 1.34. The highest BCUT2D eigenvalue weighted by Crippen LogP contribution is 2.54. The van der Waals surface area contributed by atoms with Crippen molar-refractivity contribution in [3.8, 4) is 0 Å². The number of aliphatic hydroxyl groups excluding tert-OH is 1. The van der Waals surface area contributed by atoms with Crippen LogP contribution in [0.1, 0.15) is 48.9 Å². The quantitative estimate of drug-likeness (QED) is 0.476. The van der Waals surface area contributed by atoms with Crippen LogP contribution in [0.15, 0.2) is 30.6 Å². The van der Waals surface area contributed by atoms with Gasteiger partial charge < -0.3 is 24.9 Å². The molecule has 1 saturated carbocycles. The van der Waals surface area contributed by atoms with Crippen LogP contribution < -0.4 is 19.8 Å². The van der Waals surface area contributed by atoms with Crippen LogP contribution in [0.4, 0.5) is 31.8 Å². The summed E-state index contributed by atoms with van der Waals surface area (Å²) in [6.45, 7) is 1.81. The zero-order chi connectivity index (χ0) is 26.0. The third-order valence-corrected chi connectivity index (χ3v) is 8.57. The third kappa shape index (κ3) is 6.18. The molecular weight excluding hydrogens is 502 g/mol. The van der Waals surface area contributed by atoms with Gasteiger partial charge in [-0.25, -0.2) is 18.0 Å². The van der Waals surface area contributed by atoms with Gasteiger partial charge in [-0.3, -0.25) is 9.78 Å². The molecule has 12 heteroatoms. The van der Waals surface area contributed by atoms with Crippen LogP contribution in [-0.2, 0) is 11.0 Å². The molecule has 2 aliphatic heterocycles. The molecule has 3 fully saturated rings. The minimum Gasteiger partial charge on any atom is -0.395 e. The van der Waals surface area contributed by atoms with Crippen molar-refractivity contribution in [1.29, 1.82) is 0 Å². The minimum absolute atomic E-state index is 0.105. The van der Waals surface area contributed by atoms with E-state index in [0.717, 1.165) is 31.6 Å². The topological polar surface area (TPSA) is 111 Å². The largest absolute Gasteiger partial charge is 0.395 e. The normalized spacial score (nSPS) is 20.9. The van der Waals surface area contributed by atoms with Gasteiger partial charge in [-0.1, -0.05) is 0 Å². The number of nitrogens with zero attached hydrogens (tertiary/aromatic N) is 4. The van der Waals surface area contributed by atoms with Crippen LogP contribution >= 0.6 is 0 Å². The summed E-state index contributed by atoms with van der Waals surface area (Å²) < 4.78 is 42.1. The van der Waals surface area contributed by atoms with Gasteiger partial charge in [0.1, 0.15) is 16.8 Å². The fraction of sp³-hybridized carbons (Fsp3) is 0.560. The van der Waals surface area contributed by atoms with Crippen molar-refractivity contribution in [2.75, 3.05) is 58.4 Å². The third-order valence-electron chi connectivity index (χ3n) is 7.56. The zero-order valence-corrected chi connectivity index (χ0v) is 21.4. The minimum atomic E-state index is -2.66. The van der Waals surface area contributed by atoms with Crippen molar-refractivity contribution in [2.24, 2.45) is 5.41 Å². The first-order chi connectivity index (χ1) is 17.8. The molecule has 1 amide bonds. The summed E-state index contributed by atoms with van der Waals surface area (Å²) >= 11 is 0. The lowest BCUT2D eigenvalue weighted by atomic mass is 9.93. The molecule has 2 saturated heterocycles.